The van der Waals surface area contributed by atoms with Crippen molar-refractivity contribution in [2.24, 2.45) is 4.99 Å². The molecular weight excluding hydrogens is 318 g/mol. The minimum atomic E-state index is 0.339. The number of methoxy groups -OCH3 is 1. The Morgan fingerprint density at radius 2 is 2.26 bits per heavy atom. The van der Waals surface area contributed by atoms with E-state index in [4.69, 9.17) is 16.3 Å². The molecule has 3 heterocycles. The van der Waals surface area contributed by atoms with Gasteiger partial charge in [-0.1, -0.05) is 11.6 Å². The van der Waals surface area contributed by atoms with Crippen LogP contribution in [0.4, 0.5) is 5.69 Å². The van der Waals surface area contributed by atoms with Gasteiger partial charge in [-0.2, -0.15) is 10.2 Å². The van der Waals surface area contributed by atoms with Crippen molar-refractivity contribution in [3.05, 3.63) is 41.7 Å². The number of nitrogens with zero attached hydrogens (tertiary/aromatic N) is 7. The molecule has 0 saturated heterocycles. The molecule has 0 atom stereocenters. The third-order valence-corrected chi connectivity index (χ3v) is 3.65. The van der Waals surface area contributed by atoms with Crippen molar-refractivity contribution in [2.75, 3.05) is 7.11 Å². The van der Waals surface area contributed by atoms with Gasteiger partial charge in [0.05, 0.1) is 5.69 Å². The minimum Gasteiger partial charge on any atom is -0.377 e. The molecule has 8 nitrogen and oxygen atoms in total. The van der Waals surface area contributed by atoms with Crippen LogP contribution in [0.1, 0.15) is 5.82 Å². The van der Waals surface area contributed by atoms with Gasteiger partial charge in [0.15, 0.2) is 17.5 Å². The highest BCUT2D eigenvalue weighted by Crippen LogP contribution is 2.34. The molecule has 0 amide bonds. The first-order valence-electron chi connectivity index (χ1n) is 6.90. The van der Waals surface area contributed by atoms with Gasteiger partial charge in [0.25, 0.3) is 0 Å². The first kappa shape index (κ1) is 14.0. The summed E-state index contributed by atoms with van der Waals surface area (Å²) in [5, 5.41) is 9.25. The standard InChI is InChI=1S/C14H12ClN7O/c1-23-6-12-19-14-10-4-9(15)2-3-11(10)18-13(5-21(14)20-12)22-8-16-7-17-22/h2-4,7-8H,5-6H2,1H3. The molecule has 23 heavy (non-hydrogen) atoms. The average Bonchev–Trinajstić information content (AvgIpc) is 3.16. The molecule has 0 N–H and O–H groups in total. The Morgan fingerprint density at radius 1 is 1.35 bits per heavy atom. The lowest BCUT2D eigenvalue weighted by Gasteiger charge is -2.04. The summed E-state index contributed by atoms with van der Waals surface area (Å²) in [6.07, 6.45) is 3.07. The van der Waals surface area contributed by atoms with E-state index in [0.29, 0.717) is 35.7 Å². The van der Waals surface area contributed by atoms with Crippen molar-refractivity contribution >= 4 is 23.1 Å². The lowest BCUT2D eigenvalue weighted by atomic mass is 10.1. The normalized spacial score (nSPS) is 13.2. The van der Waals surface area contributed by atoms with E-state index in [1.54, 1.807) is 28.9 Å². The maximum atomic E-state index is 6.14. The molecule has 0 fully saturated rings. The Bertz CT molecular complexity index is 885. The Balaban J connectivity index is 1.91. The van der Waals surface area contributed by atoms with Crippen LogP contribution in [0.3, 0.4) is 0 Å². The molecule has 1 aromatic carbocycles. The maximum absolute atomic E-state index is 6.14. The number of ether oxygens (including phenoxy) is 1. The average molecular weight is 330 g/mol. The molecule has 3 aromatic rings. The lowest BCUT2D eigenvalue weighted by molar-refractivity contribution is 0.177. The second kappa shape index (κ2) is 5.56. The highest BCUT2D eigenvalue weighted by molar-refractivity contribution is 6.31. The van der Waals surface area contributed by atoms with Gasteiger partial charge in [0.2, 0.25) is 0 Å². The van der Waals surface area contributed by atoms with E-state index in [0.717, 1.165) is 11.3 Å². The van der Waals surface area contributed by atoms with Crippen LogP contribution in [0.15, 0.2) is 35.8 Å². The fourth-order valence-corrected chi connectivity index (χ4v) is 2.62. The summed E-state index contributed by atoms with van der Waals surface area (Å²) in [6, 6.07) is 5.49. The van der Waals surface area contributed by atoms with E-state index in [1.807, 2.05) is 12.1 Å². The molecular formula is C14H12ClN7O. The predicted molar refractivity (Wildman–Crippen MR) is 83.7 cm³/mol. The van der Waals surface area contributed by atoms with Crippen molar-refractivity contribution in [3.8, 4) is 11.4 Å². The van der Waals surface area contributed by atoms with Crippen LogP contribution in [0.25, 0.3) is 11.4 Å². The second-order valence-electron chi connectivity index (χ2n) is 4.97. The molecule has 0 saturated carbocycles. The Morgan fingerprint density at radius 3 is 3.04 bits per heavy atom. The maximum Gasteiger partial charge on any atom is 0.176 e. The first-order chi connectivity index (χ1) is 11.2. The zero-order valence-electron chi connectivity index (χ0n) is 12.2. The number of aromatic nitrogens is 6. The van der Waals surface area contributed by atoms with Crippen LogP contribution in [0.5, 0.6) is 0 Å². The van der Waals surface area contributed by atoms with Gasteiger partial charge in [0, 0.05) is 17.7 Å². The molecule has 0 radical (unpaired) electrons. The molecule has 2 aromatic heterocycles. The van der Waals surface area contributed by atoms with E-state index in [1.165, 1.54) is 6.33 Å². The zero-order chi connectivity index (χ0) is 15.8. The van der Waals surface area contributed by atoms with Gasteiger partial charge in [0.1, 0.15) is 25.8 Å². The molecule has 4 rings (SSSR count). The van der Waals surface area contributed by atoms with Gasteiger partial charge in [-0.25, -0.2) is 24.3 Å². The van der Waals surface area contributed by atoms with Crippen LogP contribution in [0, 0.1) is 0 Å². The molecule has 9 heteroatoms. The summed E-state index contributed by atoms with van der Waals surface area (Å²) in [5.74, 6) is 2.00. The molecule has 0 spiro atoms. The number of fused-ring (bicyclic) bond motifs is 3. The minimum absolute atomic E-state index is 0.339. The largest absolute Gasteiger partial charge is 0.377 e. The number of rotatable bonds is 2. The third kappa shape index (κ3) is 2.51. The number of benzene rings is 1. The van der Waals surface area contributed by atoms with Crippen LogP contribution < -0.4 is 0 Å². The topological polar surface area (TPSA) is 83.0 Å². The molecule has 116 valence electrons. The van der Waals surface area contributed by atoms with E-state index in [-0.39, 0.29) is 0 Å². The quantitative estimate of drug-likeness (QED) is 0.717. The molecule has 0 unspecified atom stereocenters. The Kier molecular flexibility index (Phi) is 3.40. The molecule has 0 aliphatic carbocycles. The highest BCUT2D eigenvalue weighted by Gasteiger charge is 2.21. The highest BCUT2D eigenvalue weighted by atomic mass is 35.5. The van der Waals surface area contributed by atoms with Crippen molar-refractivity contribution < 1.29 is 4.74 Å². The Hall–Kier alpha value is -2.58. The zero-order valence-corrected chi connectivity index (χ0v) is 13.0. The summed E-state index contributed by atoms with van der Waals surface area (Å²) in [6.45, 7) is 0.757. The number of hydrogen-bond donors (Lipinski definition) is 0. The summed E-state index contributed by atoms with van der Waals surface area (Å²) < 4.78 is 8.52. The van der Waals surface area contributed by atoms with E-state index in [9.17, 15) is 0 Å². The van der Waals surface area contributed by atoms with Crippen molar-refractivity contribution in [2.45, 2.75) is 13.2 Å². The van der Waals surface area contributed by atoms with Crippen molar-refractivity contribution in [3.63, 3.8) is 0 Å². The molecule has 0 bridgehead atoms. The number of aliphatic imine (C=N–C) groups is 1. The lowest BCUT2D eigenvalue weighted by Crippen LogP contribution is -2.20. The van der Waals surface area contributed by atoms with Crippen LogP contribution >= 0.6 is 11.6 Å². The van der Waals surface area contributed by atoms with Crippen molar-refractivity contribution in [1.29, 1.82) is 0 Å². The summed E-state index contributed by atoms with van der Waals surface area (Å²) >= 11 is 6.14. The van der Waals surface area contributed by atoms with E-state index in [2.05, 4.69) is 25.2 Å². The fourth-order valence-electron chi connectivity index (χ4n) is 2.45. The molecule has 1 aliphatic rings. The van der Waals surface area contributed by atoms with E-state index >= 15 is 0 Å². The van der Waals surface area contributed by atoms with Gasteiger partial charge < -0.3 is 4.74 Å². The third-order valence-electron chi connectivity index (χ3n) is 3.41. The monoisotopic (exact) mass is 329 g/mol. The van der Waals surface area contributed by atoms with Gasteiger partial charge in [-0.3, -0.25) is 0 Å². The smallest absolute Gasteiger partial charge is 0.176 e. The van der Waals surface area contributed by atoms with Gasteiger partial charge in [-0.15, -0.1) is 0 Å². The van der Waals surface area contributed by atoms with Crippen molar-refractivity contribution in [1.82, 2.24) is 29.5 Å². The first-order valence-corrected chi connectivity index (χ1v) is 7.27. The van der Waals surface area contributed by atoms with E-state index < -0.39 is 0 Å². The van der Waals surface area contributed by atoms with Crippen LogP contribution in [0.2, 0.25) is 5.02 Å². The summed E-state index contributed by atoms with van der Waals surface area (Å²) in [7, 11) is 1.61. The summed E-state index contributed by atoms with van der Waals surface area (Å²) in [5.41, 5.74) is 1.58. The fraction of sp³-hybridized carbons (Fsp3) is 0.214. The van der Waals surface area contributed by atoms with Crippen LogP contribution in [-0.4, -0.2) is 42.5 Å². The predicted octanol–water partition coefficient (Wildman–Crippen LogP) is 1.93. The second-order valence-corrected chi connectivity index (χ2v) is 5.41. The van der Waals surface area contributed by atoms with Crippen LogP contribution in [-0.2, 0) is 17.9 Å². The van der Waals surface area contributed by atoms with Gasteiger partial charge in [-0.05, 0) is 18.2 Å². The van der Waals surface area contributed by atoms with Gasteiger partial charge >= 0.3 is 0 Å². The Labute approximate surface area is 136 Å². The number of halogens is 1. The SMILES string of the molecule is COCc1nc2n(n1)CC(n1cncn1)=Nc1ccc(Cl)cc1-2. The number of hydrogen-bond acceptors (Lipinski definition) is 6. The molecule has 1 aliphatic heterocycles. The summed E-state index contributed by atoms with van der Waals surface area (Å²) in [4.78, 5) is 13.2.